The fraction of sp³-hybridized carbons (Fsp3) is 0.133. The smallest absolute Gasteiger partial charge is 0.308 e. The third-order valence-electron chi connectivity index (χ3n) is 2.50. The van der Waals surface area contributed by atoms with Crippen LogP contribution in [0.3, 0.4) is 0 Å². The summed E-state index contributed by atoms with van der Waals surface area (Å²) in [6.07, 6.45) is 0. The van der Waals surface area contributed by atoms with Crippen LogP contribution in [-0.2, 0) is 11.3 Å². The van der Waals surface area contributed by atoms with Crippen molar-refractivity contribution in [3.05, 3.63) is 59.9 Å². The Morgan fingerprint density at radius 1 is 1.21 bits per heavy atom. The van der Waals surface area contributed by atoms with Gasteiger partial charge in [0.1, 0.15) is 11.6 Å². The number of hydrogen-bond donors (Lipinski definition) is 1. The Hall–Kier alpha value is -2.36. The Labute approximate surface area is 111 Å². The normalized spacial score (nSPS) is 10.0. The van der Waals surface area contributed by atoms with E-state index >= 15 is 0 Å². The molecule has 0 spiro atoms. The first-order valence-corrected chi connectivity index (χ1v) is 5.90. The monoisotopic (exact) mass is 259 g/mol. The lowest BCUT2D eigenvalue weighted by molar-refractivity contribution is -0.131. The average molecular weight is 259 g/mol. The molecule has 0 saturated heterocycles. The number of ether oxygens (including phenoxy) is 1. The summed E-state index contributed by atoms with van der Waals surface area (Å²) in [5.74, 6) is -0.0891. The van der Waals surface area contributed by atoms with Crippen molar-refractivity contribution in [2.45, 2.75) is 13.5 Å². The van der Waals surface area contributed by atoms with E-state index in [9.17, 15) is 9.18 Å². The second-order valence-electron chi connectivity index (χ2n) is 4.10. The quantitative estimate of drug-likeness (QED) is 0.676. The van der Waals surface area contributed by atoms with E-state index in [-0.39, 0.29) is 11.8 Å². The standard InChI is InChI=1S/C15H14FNO2/c1-11(18)19-15-7-5-14(6-8-15)17-10-12-3-2-4-13(16)9-12/h2-9,17H,10H2,1H3. The van der Waals surface area contributed by atoms with Crippen molar-refractivity contribution in [2.75, 3.05) is 5.32 Å². The van der Waals surface area contributed by atoms with E-state index < -0.39 is 0 Å². The number of nitrogens with one attached hydrogen (secondary N) is 1. The minimum absolute atomic E-state index is 0.246. The van der Waals surface area contributed by atoms with Gasteiger partial charge in [-0.05, 0) is 42.0 Å². The van der Waals surface area contributed by atoms with Gasteiger partial charge in [0.2, 0.25) is 0 Å². The highest BCUT2D eigenvalue weighted by atomic mass is 19.1. The molecule has 3 nitrogen and oxygen atoms in total. The molecule has 0 radical (unpaired) electrons. The summed E-state index contributed by atoms with van der Waals surface area (Å²) in [5.41, 5.74) is 1.74. The zero-order chi connectivity index (χ0) is 13.7. The lowest BCUT2D eigenvalue weighted by atomic mass is 10.2. The van der Waals surface area contributed by atoms with Crippen LogP contribution in [-0.4, -0.2) is 5.97 Å². The molecule has 0 aliphatic carbocycles. The zero-order valence-corrected chi connectivity index (χ0v) is 10.5. The predicted octanol–water partition coefficient (Wildman–Crippen LogP) is 3.36. The number of anilines is 1. The number of halogens is 1. The molecule has 2 aromatic rings. The molecule has 0 fully saturated rings. The second kappa shape index (κ2) is 6.00. The molecule has 0 aliphatic rings. The van der Waals surface area contributed by atoms with E-state index in [2.05, 4.69) is 5.32 Å². The molecule has 0 aromatic heterocycles. The molecule has 0 amide bonds. The van der Waals surface area contributed by atoms with E-state index in [1.54, 1.807) is 30.3 Å². The highest BCUT2D eigenvalue weighted by molar-refractivity contribution is 5.69. The molecule has 98 valence electrons. The summed E-state index contributed by atoms with van der Waals surface area (Å²) in [6.45, 7) is 1.89. The van der Waals surface area contributed by atoms with Gasteiger partial charge in [-0.3, -0.25) is 4.79 Å². The van der Waals surface area contributed by atoms with Crippen LogP contribution in [0.2, 0.25) is 0 Å². The summed E-state index contributed by atoms with van der Waals surface area (Å²) >= 11 is 0. The maximum Gasteiger partial charge on any atom is 0.308 e. The molecule has 2 aromatic carbocycles. The van der Waals surface area contributed by atoms with Crippen LogP contribution in [0.5, 0.6) is 5.75 Å². The first-order chi connectivity index (χ1) is 9.13. The van der Waals surface area contributed by atoms with Crippen LogP contribution < -0.4 is 10.1 Å². The highest BCUT2D eigenvalue weighted by Gasteiger charge is 1.99. The molecule has 0 bridgehead atoms. The Balaban J connectivity index is 1.94. The van der Waals surface area contributed by atoms with E-state index in [0.29, 0.717) is 12.3 Å². The summed E-state index contributed by atoms with van der Waals surface area (Å²) in [4.78, 5) is 10.8. The van der Waals surface area contributed by atoms with E-state index in [1.165, 1.54) is 19.1 Å². The van der Waals surface area contributed by atoms with Gasteiger partial charge in [0, 0.05) is 19.2 Å². The van der Waals surface area contributed by atoms with Gasteiger partial charge in [0.15, 0.2) is 0 Å². The van der Waals surface area contributed by atoms with Gasteiger partial charge < -0.3 is 10.1 Å². The molecule has 0 aliphatic heterocycles. The van der Waals surface area contributed by atoms with Gasteiger partial charge in [0.25, 0.3) is 0 Å². The maximum atomic E-state index is 13.0. The minimum atomic E-state index is -0.347. The van der Waals surface area contributed by atoms with Crippen molar-refractivity contribution < 1.29 is 13.9 Å². The first-order valence-electron chi connectivity index (χ1n) is 5.90. The van der Waals surface area contributed by atoms with E-state index in [1.807, 2.05) is 6.07 Å². The third-order valence-corrected chi connectivity index (χ3v) is 2.50. The lowest BCUT2D eigenvalue weighted by Gasteiger charge is -2.07. The van der Waals surface area contributed by atoms with Gasteiger partial charge in [0.05, 0.1) is 0 Å². The molecular formula is C15H14FNO2. The van der Waals surface area contributed by atoms with Crippen molar-refractivity contribution in [2.24, 2.45) is 0 Å². The van der Waals surface area contributed by atoms with Gasteiger partial charge in [-0.2, -0.15) is 0 Å². The summed E-state index contributed by atoms with van der Waals surface area (Å²) in [6, 6.07) is 13.4. The highest BCUT2D eigenvalue weighted by Crippen LogP contribution is 2.16. The van der Waals surface area contributed by atoms with E-state index in [0.717, 1.165) is 11.3 Å². The van der Waals surface area contributed by atoms with Gasteiger partial charge in [-0.15, -0.1) is 0 Å². The first kappa shape index (κ1) is 13.1. The molecule has 1 N–H and O–H groups in total. The topological polar surface area (TPSA) is 38.3 Å². The molecular weight excluding hydrogens is 245 g/mol. The number of carbonyl (C=O) groups excluding carboxylic acids is 1. The maximum absolute atomic E-state index is 13.0. The summed E-state index contributed by atoms with van der Waals surface area (Å²) in [7, 11) is 0. The van der Waals surface area contributed by atoms with Crippen LogP contribution >= 0.6 is 0 Å². The van der Waals surface area contributed by atoms with Crippen LogP contribution in [0.25, 0.3) is 0 Å². The molecule has 0 unspecified atom stereocenters. The van der Waals surface area contributed by atoms with Crippen LogP contribution in [0, 0.1) is 5.82 Å². The number of rotatable bonds is 4. The van der Waals surface area contributed by atoms with Crippen LogP contribution in [0.4, 0.5) is 10.1 Å². The van der Waals surface area contributed by atoms with Gasteiger partial charge in [-0.25, -0.2) is 4.39 Å². The van der Waals surface area contributed by atoms with E-state index in [4.69, 9.17) is 4.74 Å². The van der Waals surface area contributed by atoms with Gasteiger partial charge >= 0.3 is 5.97 Å². The summed E-state index contributed by atoms with van der Waals surface area (Å²) < 4.78 is 17.9. The van der Waals surface area contributed by atoms with Crippen LogP contribution in [0.15, 0.2) is 48.5 Å². The fourth-order valence-corrected chi connectivity index (χ4v) is 1.66. The third kappa shape index (κ3) is 4.10. The number of esters is 1. The number of hydrogen-bond acceptors (Lipinski definition) is 3. The molecule has 2 rings (SSSR count). The van der Waals surface area contributed by atoms with Gasteiger partial charge in [-0.1, -0.05) is 12.1 Å². The number of benzene rings is 2. The SMILES string of the molecule is CC(=O)Oc1ccc(NCc2cccc(F)c2)cc1. The largest absolute Gasteiger partial charge is 0.427 e. The Morgan fingerprint density at radius 3 is 2.58 bits per heavy atom. The average Bonchev–Trinajstić information content (AvgIpc) is 2.37. The Kier molecular flexibility index (Phi) is 4.13. The van der Waals surface area contributed by atoms with Crippen molar-refractivity contribution in [3.8, 4) is 5.75 Å². The van der Waals surface area contributed by atoms with Crippen molar-refractivity contribution in [1.82, 2.24) is 0 Å². The lowest BCUT2D eigenvalue weighted by Crippen LogP contribution is -2.02. The zero-order valence-electron chi connectivity index (χ0n) is 10.5. The predicted molar refractivity (Wildman–Crippen MR) is 71.5 cm³/mol. The minimum Gasteiger partial charge on any atom is -0.427 e. The second-order valence-corrected chi connectivity index (χ2v) is 4.10. The Bertz CT molecular complexity index is 567. The fourth-order valence-electron chi connectivity index (χ4n) is 1.66. The Morgan fingerprint density at radius 2 is 1.95 bits per heavy atom. The molecule has 0 atom stereocenters. The van der Waals surface area contributed by atoms with Crippen LogP contribution in [0.1, 0.15) is 12.5 Å². The molecule has 19 heavy (non-hydrogen) atoms. The molecule has 0 saturated carbocycles. The number of carbonyl (C=O) groups is 1. The van der Waals surface area contributed by atoms with Crippen molar-refractivity contribution in [3.63, 3.8) is 0 Å². The van der Waals surface area contributed by atoms with Crippen molar-refractivity contribution in [1.29, 1.82) is 0 Å². The summed E-state index contributed by atoms with van der Waals surface area (Å²) in [5, 5.41) is 3.16. The van der Waals surface area contributed by atoms with Crippen molar-refractivity contribution >= 4 is 11.7 Å². The molecule has 0 heterocycles. The molecule has 4 heteroatoms.